The van der Waals surface area contributed by atoms with Crippen LogP contribution in [0.3, 0.4) is 0 Å². The summed E-state index contributed by atoms with van der Waals surface area (Å²) in [5, 5.41) is 12.9. The highest BCUT2D eigenvalue weighted by atomic mass is 16.6. The molecule has 0 bridgehead atoms. The van der Waals surface area contributed by atoms with Gasteiger partial charge in [-0.1, -0.05) is 0 Å². The first kappa shape index (κ1) is 10.9. The molecule has 7 heteroatoms. The van der Waals surface area contributed by atoms with Crippen LogP contribution < -0.4 is 16.1 Å². The van der Waals surface area contributed by atoms with Gasteiger partial charge in [0.1, 0.15) is 0 Å². The molecule has 15 heavy (non-hydrogen) atoms. The molecule has 1 amide bonds. The largest absolute Gasteiger partial charge is 0.404 e. The van der Waals surface area contributed by atoms with Gasteiger partial charge < -0.3 is 10.2 Å². The molecule has 0 saturated carbocycles. The summed E-state index contributed by atoms with van der Waals surface area (Å²) in [7, 11) is 1.45. The van der Waals surface area contributed by atoms with Gasteiger partial charge >= 0.3 is 5.69 Å². The third-order valence-corrected chi connectivity index (χ3v) is 1.77. The standard InChI is InChI=1S/C8H9N3O4/c1-10-8(12)5-2-3-6(11(13)14)7(4-5)15-9/h2-4H,9H2,1H3,(H,10,12). The van der Waals surface area contributed by atoms with E-state index < -0.39 is 4.92 Å². The first-order chi connectivity index (χ1) is 7.10. The molecule has 0 atom stereocenters. The zero-order valence-electron chi connectivity index (χ0n) is 7.89. The number of rotatable bonds is 3. The van der Waals surface area contributed by atoms with Gasteiger partial charge in [-0.15, -0.1) is 0 Å². The van der Waals surface area contributed by atoms with Crippen molar-refractivity contribution in [3.8, 4) is 5.75 Å². The van der Waals surface area contributed by atoms with Crippen molar-refractivity contribution in [3.05, 3.63) is 33.9 Å². The number of nitro benzene ring substituents is 1. The topological polar surface area (TPSA) is 107 Å². The van der Waals surface area contributed by atoms with Crippen LogP contribution in [-0.2, 0) is 0 Å². The Morgan fingerprint density at radius 2 is 2.27 bits per heavy atom. The lowest BCUT2D eigenvalue weighted by Crippen LogP contribution is -2.18. The fraction of sp³-hybridized carbons (Fsp3) is 0.125. The number of nitrogens with one attached hydrogen (secondary N) is 1. The van der Waals surface area contributed by atoms with Crippen LogP contribution in [0.5, 0.6) is 5.75 Å². The summed E-state index contributed by atoms with van der Waals surface area (Å²) in [6, 6.07) is 3.68. The van der Waals surface area contributed by atoms with Crippen LogP contribution in [0.25, 0.3) is 0 Å². The lowest BCUT2D eigenvalue weighted by Gasteiger charge is -2.03. The minimum absolute atomic E-state index is 0.152. The molecular formula is C8H9N3O4. The Morgan fingerprint density at radius 3 is 2.73 bits per heavy atom. The minimum Gasteiger partial charge on any atom is -0.404 e. The number of amides is 1. The molecule has 0 unspecified atom stereocenters. The van der Waals surface area contributed by atoms with E-state index >= 15 is 0 Å². The Balaban J connectivity index is 3.19. The minimum atomic E-state index is -0.643. The summed E-state index contributed by atoms with van der Waals surface area (Å²) >= 11 is 0. The first-order valence-electron chi connectivity index (χ1n) is 3.97. The maximum absolute atomic E-state index is 11.2. The van der Waals surface area contributed by atoms with Gasteiger partial charge in [0.25, 0.3) is 5.91 Å². The lowest BCUT2D eigenvalue weighted by atomic mass is 10.2. The average Bonchev–Trinajstić information content (AvgIpc) is 2.26. The zero-order valence-corrected chi connectivity index (χ0v) is 7.89. The number of carbonyl (C=O) groups is 1. The maximum atomic E-state index is 11.2. The van der Waals surface area contributed by atoms with Crippen molar-refractivity contribution >= 4 is 11.6 Å². The van der Waals surface area contributed by atoms with E-state index in [9.17, 15) is 14.9 Å². The lowest BCUT2D eigenvalue weighted by molar-refractivity contribution is -0.385. The fourth-order valence-electron chi connectivity index (χ4n) is 1.04. The van der Waals surface area contributed by atoms with E-state index in [2.05, 4.69) is 10.2 Å². The monoisotopic (exact) mass is 211 g/mol. The van der Waals surface area contributed by atoms with Crippen molar-refractivity contribution in [2.75, 3.05) is 7.05 Å². The van der Waals surface area contributed by atoms with Gasteiger partial charge in [-0.3, -0.25) is 14.9 Å². The highest BCUT2D eigenvalue weighted by Gasteiger charge is 2.17. The van der Waals surface area contributed by atoms with Crippen LogP contribution in [0.1, 0.15) is 10.4 Å². The second-order valence-corrected chi connectivity index (χ2v) is 2.64. The summed E-state index contributed by atoms with van der Waals surface area (Å²) in [4.78, 5) is 25.4. The molecule has 0 aliphatic heterocycles. The second-order valence-electron chi connectivity index (χ2n) is 2.64. The third kappa shape index (κ3) is 2.20. The summed E-state index contributed by atoms with van der Waals surface area (Å²) < 4.78 is 0. The summed E-state index contributed by atoms with van der Waals surface area (Å²) in [6.07, 6.45) is 0. The molecule has 80 valence electrons. The van der Waals surface area contributed by atoms with Crippen molar-refractivity contribution in [1.82, 2.24) is 5.32 Å². The van der Waals surface area contributed by atoms with Gasteiger partial charge in [0.15, 0.2) is 0 Å². The molecular weight excluding hydrogens is 202 g/mol. The highest BCUT2D eigenvalue weighted by molar-refractivity contribution is 5.94. The molecule has 1 aromatic rings. The van der Waals surface area contributed by atoms with Crippen LogP contribution >= 0.6 is 0 Å². The number of carbonyl (C=O) groups excluding carboxylic acids is 1. The number of nitrogens with zero attached hydrogens (tertiary/aromatic N) is 1. The molecule has 0 aliphatic carbocycles. The predicted molar refractivity (Wildman–Crippen MR) is 51.3 cm³/mol. The van der Waals surface area contributed by atoms with E-state index in [1.54, 1.807) is 0 Å². The molecule has 0 fully saturated rings. The molecule has 0 aromatic heterocycles. The normalized spacial score (nSPS) is 9.47. The molecule has 3 N–H and O–H groups in total. The molecule has 0 saturated heterocycles. The van der Waals surface area contributed by atoms with Crippen LogP contribution in [0, 0.1) is 10.1 Å². The predicted octanol–water partition coefficient (Wildman–Crippen LogP) is 0.207. The van der Waals surface area contributed by atoms with Gasteiger partial charge in [-0.25, -0.2) is 0 Å². The first-order valence-corrected chi connectivity index (χ1v) is 3.97. The SMILES string of the molecule is CNC(=O)c1ccc([N+](=O)[O-])c(ON)c1. The quantitative estimate of drug-likeness (QED) is 0.548. The highest BCUT2D eigenvalue weighted by Crippen LogP contribution is 2.26. The van der Waals surface area contributed by atoms with Gasteiger partial charge in [0, 0.05) is 24.7 Å². The van der Waals surface area contributed by atoms with E-state index in [1.807, 2.05) is 0 Å². The van der Waals surface area contributed by atoms with Crippen LogP contribution in [0.15, 0.2) is 18.2 Å². The van der Waals surface area contributed by atoms with Gasteiger partial charge in [0.2, 0.25) is 5.75 Å². The van der Waals surface area contributed by atoms with Gasteiger partial charge in [-0.2, -0.15) is 5.90 Å². The van der Waals surface area contributed by atoms with Crippen molar-refractivity contribution in [2.24, 2.45) is 5.90 Å². The molecule has 1 aromatic carbocycles. The number of hydrogen-bond donors (Lipinski definition) is 2. The van der Waals surface area contributed by atoms with E-state index in [4.69, 9.17) is 5.90 Å². The van der Waals surface area contributed by atoms with E-state index in [-0.39, 0.29) is 22.9 Å². The second kappa shape index (κ2) is 4.38. The van der Waals surface area contributed by atoms with Gasteiger partial charge in [-0.05, 0) is 6.07 Å². The number of nitrogens with two attached hydrogens (primary N) is 1. The summed E-state index contributed by atoms with van der Waals surface area (Å²) in [5.41, 5.74) is -0.0475. The van der Waals surface area contributed by atoms with E-state index in [0.29, 0.717) is 0 Å². The summed E-state index contributed by atoms with van der Waals surface area (Å²) in [5.74, 6) is 4.34. The Hall–Kier alpha value is -2.15. The smallest absolute Gasteiger partial charge is 0.313 e. The van der Waals surface area contributed by atoms with Crippen molar-refractivity contribution in [1.29, 1.82) is 0 Å². The Labute approximate surface area is 84.9 Å². The Kier molecular flexibility index (Phi) is 3.19. The molecule has 0 heterocycles. The molecule has 0 aliphatic rings. The summed E-state index contributed by atoms with van der Waals surface area (Å²) in [6.45, 7) is 0. The van der Waals surface area contributed by atoms with Crippen LogP contribution in [0.4, 0.5) is 5.69 Å². The Bertz CT molecular complexity index is 405. The van der Waals surface area contributed by atoms with Crippen molar-refractivity contribution < 1.29 is 14.6 Å². The van der Waals surface area contributed by atoms with E-state index in [0.717, 1.165) is 6.07 Å². The third-order valence-electron chi connectivity index (χ3n) is 1.77. The average molecular weight is 211 g/mol. The van der Waals surface area contributed by atoms with Crippen molar-refractivity contribution in [3.63, 3.8) is 0 Å². The van der Waals surface area contributed by atoms with Gasteiger partial charge in [0.05, 0.1) is 4.92 Å². The molecule has 0 radical (unpaired) electrons. The van der Waals surface area contributed by atoms with Crippen LogP contribution in [-0.4, -0.2) is 17.9 Å². The maximum Gasteiger partial charge on any atom is 0.313 e. The van der Waals surface area contributed by atoms with Crippen molar-refractivity contribution in [2.45, 2.75) is 0 Å². The van der Waals surface area contributed by atoms with Crippen LogP contribution in [0.2, 0.25) is 0 Å². The Morgan fingerprint density at radius 1 is 1.60 bits per heavy atom. The van der Waals surface area contributed by atoms with E-state index in [1.165, 1.54) is 19.2 Å². The number of nitro groups is 1. The number of benzene rings is 1. The zero-order chi connectivity index (χ0) is 11.4. The number of hydrogen-bond acceptors (Lipinski definition) is 5. The molecule has 7 nitrogen and oxygen atoms in total. The fourth-order valence-corrected chi connectivity index (χ4v) is 1.04. The molecule has 0 spiro atoms. The molecule has 1 rings (SSSR count).